The average molecular weight is 448 g/mol. The smallest absolute Gasteiger partial charge is 0.225 e. The number of nitrogens with two attached hydrogens (primary N) is 1. The topological polar surface area (TPSA) is 106 Å². The van der Waals surface area contributed by atoms with E-state index in [-0.39, 0.29) is 17.8 Å². The zero-order chi connectivity index (χ0) is 22.7. The zero-order valence-corrected chi connectivity index (χ0v) is 18.8. The van der Waals surface area contributed by atoms with Crippen molar-refractivity contribution in [2.45, 2.75) is 25.9 Å². The van der Waals surface area contributed by atoms with Gasteiger partial charge in [-0.2, -0.15) is 5.10 Å². The van der Waals surface area contributed by atoms with Gasteiger partial charge in [0.25, 0.3) is 0 Å². The number of hydrogen-bond acceptors (Lipinski definition) is 5. The molecule has 8 heteroatoms. The number of hydrogen-bond donors (Lipinski definition) is 3. The van der Waals surface area contributed by atoms with Crippen LogP contribution >= 0.6 is 11.3 Å². The first-order valence-electron chi connectivity index (χ1n) is 10.3. The Hall–Kier alpha value is -3.65. The predicted octanol–water partition coefficient (Wildman–Crippen LogP) is 4.77. The summed E-state index contributed by atoms with van der Waals surface area (Å²) in [5.74, 6) is 1.33. The predicted molar refractivity (Wildman–Crippen MR) is 128 cm³/mol. The fraction of sp³-hybridized carbons (Fsp3) is 0.208. The number of carbonyl (C=O) groups is 1. The van der Waals surface area contributed by atoms with Crippen LogP contribution in [0, 0.1) is 12.3 Å². The van der Waals surface area contributed by atoms with E-state index in [1.165, 1.54) is 11.3 Å². The number of amidine groups is 1. The summed E-state index contributed by atoms with van der Waals surface area (Å²) < 4.78 is 9.09. The molecule has 0 bridgehead atoms. The van der Waals surface area contributed by atoms with Crippen molar-refractivity contribution < 1.29 is 9.53 Å². The molecular formula is C24H25N5O2S. The molecule has 1 amide bonds. The van der Waals surface area contributed by atoms with Crippen LogP contribution in [0.1, 0.15) is 35.1 Å². The summed E-state index contributed by atoms with van der Waals surface area (Å²) in [5.41, 5.74) is 7.52. The molecule has 0 saturated carbocycles. The quantitative estimate of drug-likeness (QED) is 0.267. The molecule has 1 unspecified atom stereocenters. The van der Waals surface area contributed by atoms with Crippen LogP contribution in [0.15, 0.2) is 60.7 Å². The lowest BCUT2D eigenvalue weighted by Gasteiger charge is -2.20. The highest BCUT2D eigenvalue weighted by molar-refractivity contribution is 7.20. The molecule has 4 N–H and O–H groups in total. The molecule has 4 aromatic rings. The molecule has 32 heavy (non-hydrogen) atoms. The molecule has 0 radical (unpaired) electrons. The number of aryl methyl sites for hydroxylation is 2. The van der Waals surface area contributed by atoms with Gasteiger partial charge in [0.15, 0.2) is 0 Å². The zero-order valence-electron chi connectivity index (χ0n) is 18.0. The number of aromatic nitrogens is 2. The standard InChI is InChI=1S/C24H25N5O2S/c1-15-13-22(29(2)28-15)27-23(30)12-11-18(16-7-4-3-5-8-16)31-19-9-6-10-20-17(19)14-21(32-20)24(25)26/h3-10,13-14,18H,11-12H2,1-2H3,(H3,25,26)(H,27,30). The minimum Gasteiger partial charge on any atom is -0.485 e. The largest absolute Gasteiger partial charge is 0.485 e. The van der Waals surface area contributed by atoms with Gasteiger partial charge in [-0.05, 0) is 37.1 Å². The van der Waals surface area contributed by atoms with E-state index >= 15 is 0 Å². The monoisotopic (exact) mass is 447 g/mol. The molecule has 0 aliphatic heterocycles. The number of carbonyl (C=O) groups excluding carboxylic acids is 1. The Labute approximate surface area is 190 Å². The first-order chi connectivity index (χ1) is 15.4. The molecule has 0 spiro atoms. The Morgan fingerprint density at radius 2 is 2.00 bits per heavy atom. The number of rotatable bonds is 8. The third-order valence-corrected chi connectivity index (χ3v) is 6.26. The first-order valence-corrected chi connectivity index (χ1v) is 11.1. The maximum Gasteiger partial charge on any atom is 0.225 e. The van der Waals surface area contributed by atoms with Gasteiger partial charge in [0, 0.05) is 29.6 Å². The normalized spacial score (nSPS) is 11.9. The summed E-state index contributed by atoms with van der Waals surface area (Å²) in [7, 11) is 1.80. The number of nitrogens with one attached hydrogen (secondary N) is 2. The van der Waals surface area contributed by atoms with Gasteiger partial charge >= 0.3 is 0 Å². The summed E-state index contributed by atoms with van der Waals surface area (Å²) >= 11 is 1.46. The number of benzene rings is 2. The van der Waals surface area contributed by atoms with Crippen molar-refractivity contribution in [3.63, 3.8) is 0 Å². The summed E-state index contributed by atoms with van der Waals surface area (Å²) in [6, 6.07) is 19.4. The van der Waals surface area contributed by atoms with Gasteiger partial charge in [0.1, 0.15) is 23.5 Å². The minimum atomic E-state index is -0.304. The molecule has 0 saturated heterocycles. The van der Waals surface area contributed by atoms with Crippen LogP contribution in [0.3, 0.4) is 0 Å². The number of anilines is 1. The van der Waals surface area contributed by atoms with E-state index in [1.807, 2.05) is 67.6 Å². The first kappa shape index (κ1) is 21.6. The van der Waals surface area contributed by atoms with Crippen LogP contribution in [0.4, 0.5) is 5.82 Å². The molecule has 2 heterocycles. The molecule has 0 aliphatic rings. The van der Waals surface area contributed by atoms with Crippen LogP contribution in [0.5, 0.6) is 5.75 Å². The second kappa shape index (κ2) is 9.23. The lowest BCUT2D eigenvalue weighted by atomic mass is 10.0. The molecule has 7 nitrogen and oxygen atoms in total. The molecule has 1 atom stereocenters. The van der Waals surface area contributed by atoms with Crippen molar-refractivity contribution in [1.29, 1.82) is 5.41 Å². The number of thiophene rings is 1. The molecule has 2 aromatic carbocycles. The van der Waals surface area contributed by atoms with Gasteiger partial charge in [-0.1, -0.05) is 36.4 Å². The van der Waals surface area contributed by atoms with Gasteiger partial charge in [0.2, 0.25) is 5.91 Å². The Bertz CT molecular complexity index is 1260. The van der Waals surface area contributed by atoms with Gasteiger partial charge in [-0.25, -0.2) is 0 Å². The Morgan fingerprint density at radius 3 is 2.69 bits per heavy atom. The van der Waals surface area contributed by atoms with E-state index in [2.05, 4.69) is 10.4 Å². The molecule has 4 rings (SSSR count). The second-order valence-corrected chi connectivity index (χ2v) is 8.67. The molecular weight excluding hydrogens is 422 g/mol. The Balaban J connectivity index is 1.54. The van der Waals surface area contributed by atoms with Crippen molar-refractivity contribution in [2.24, 2.45) is 12.8 Å². The van der Waals surface area contributed by atoms with Crippen molar-refractivity contribution in [3.8, 4) is 5.75 Å². The van der Waals surface area contributed by atoms with Crippen LogP contribution in [-0.2, 0) is 11.8 Å². The molecule has 164 valence electrons. The number of nitrogen functional groups attached to an aromatic ring is 1. The molecule has 2 aromatic heterocycles. The lowest BCUT2D eigenvalue weighted by molar-refractivity contribution is -0.116. The van der Waals surface area contributed by atoms with E-state index in [9.17, 15) is 4.79 Å². The van der Waals surface area contributed by atoms with E-state index in [0.29, 0.717) is 29.3 Å². The third kappa shape index (κ3) is 4.81. The number of nitrogens with zero attached hydrogens (tertiary/aromatic N) is 2. The summed E-state index contributed by atoms with van der Waals surface area (Å²) in [6.45, 7) is 1.89. The minimum absolute atomic E-state index is 0.0406. The highest BCUT2D eigenvalue weighted by Crippen LogP contribution is 2.36. The summed E-state index contributed by atoms with van der Waals surface area (Å²) in [5, 5.41) is 15.8. The van der Waals surface area contributed by atoms with E-state index in [4.69, 9.17) is 15.9 Å². The van der Waals surface area contributed by atoms with Gasteiger partial charge in [0.05, 0.1) is 10.6 Å². The number of ether oxygens (including phenoxy) is 1. The van der Waals surface area contributed by atoms with Crippen LogP contribution in [0.2, 0.25) is 0 Å². The van der Waals surface area contributed by atoms with Crippen LogP contribution in [-0.4, -0.2) is 21.5 Å². The maximum absolute atomic E-state index is 12.6. The molecule has 0 fully saturated rings. The van der Waals surface area contributed by atoms with E-state index < -0.39 is 0 Å². The SMILES string of the molecule is Cc1cc(NC(=O)CCC(Oc2cccc3sc(C(=N)N)cc23)c2ccccc2)n(C)n1. The summed E-state index contributed by atoms with van der Waals surface area (Å²) in [6.07, 6.45) is 0.496. The highest BCUT2D eigenvalue weighted by atomic mass is 32.1. The Kier molecular flexibility index (Phi) is 6.23. The highest BCUT2D eigenvalue weighted by Gasteiger charge is 2.18. The van der Waals surface area contributed by atoms with E-state index in [1.54, 1.807) is 11.7 Å². The van der Waals surface area contributed by atoms with Gasteiger partial charge in [-0.3, -0.25) is 14.9 Å². The fourth-order valence-corrected chi connectivity index (χ4v) is 4.52. The lowest BCUT2D eigenvalue weighted by Crippen LogP contribution is -2.17. The number of amides is 1. The maximum atomic E-state index is 12.6. The second-order valence-electron chi connectivity index (χ2n) is 7.59. The van der Waals surface area contributed by atoms with Crippen LogP contribution in [0.25, 0.3) is 10.1 Å². The Morgan fingerprint density at radius 1 is 1.22 bits per heavy atom. The van der Waals surface area contributed by atoms with Gasteiger partial charge in [-0.15, -0.1) is 11.3 Å². The van der Waals surface area contributed by atoms with Crippen molar-refractivity contribution in [1.82, 2.24) is 9.78 Å². The average Bonchev–Trinajstić information content (AvgIpc) is 3.35. The fourth-order valence-electron chi connectivity index (χ4n) is 3.58. The van der Waals surface area contributed by atoms with E-state index in [0.717, 1.165) is 21.3 Å². The van der Waals surface area contributed by atoms with Gasteiger partial charge < -0.3 is 15.8 Å². The van der Waals surface area contributed by atoms with Crippen molar-refractivity contribution >= 4 is 39.0 Å². The van der Waals surface area contributed by atoms with Crippen molar-refractivity contribution in [3.05, 3.63) is 76.8 Å². The summed E-state index contributed by atoms with van der Waals surface area (Å²) in [4.78, 5) is 13.3. The molecule has 0 aliphatic carbocycles. The van der Waals surface area contributed by atoms with Crippen molar-refractivity contribution in [2.75, 3.05) is 5.32 Å². The number of fused-ring (bicyclic) bond motifs is 1. The third-order valence-electron chi connectivity index (χ3n) is 5.13. The van der Waals surface area contributed by atoms with Crippen LogP contribution < -0.4 is 15.8 Å².